The molecule has 1 heterocycles. The Morgan fingerprint density at radius 1 is 1.37 bits per heavy atom. The van der Waals surface area contributed by atoms with E-state index in [0.29, 0.717) is 30.6 Å². The molecule has 2 atom stereocenters. The fourth-order valence-corrected chi connectivity index (χ4v) is 2.69. The monoisotopic (exact) mass is 272 g/mol. The summed E-state index contributed by atoms with van der Waals surface area (Å²) in [6, 6.07) is 5.95. The van der Waals surface area contributed by atoms with Crippen molar-refractivity contribution in [3.05, 3.63) is 35.4 Å². The Morgan fingerprint density at radius 2 is 2.11 bits per heavy atom. The molecule has 0 bridgehead atoms. The van der Waals surface area contributed by atoms with Gasteiger partial charge in [-0.2, -0.15) is 13.2 Å². The van der Waals surface area contributed by atoms with E-state index in [0.717, 1.165) is 19.0 Å². The zero-order valence-corrected chi connectivity index (χ0v) is 11.0. The van der Waals surface area contributed by atoms with E-state index in [2.05, 4.69) is 11.8 Å². The Balaban J connectivity index is 2.08. The molecule has 0 saturated carbocycles. The summed E-state index contributed by atoms with van der Waals surface area (Å²) < 4.78 is 37.9. The van der Waals surface area contributed by atoms with Crippen molar-refractivity contribution in [3.8, 4) is 0 Å². The third-order valence-electron chi connectivity index (χ3n) is 3.76. The standard InChI is InChI=1S/C14H19F3N2/c1-10-5-12(7-18)9-19(10)8-11-3-2-4-13(6-11)14(15,16)17/h2-4,6,10,12H,5,7-9,18H2,1H3. The summed E-state index contributed by atoms with van der Waals surface area (Å²) >= 11 is 0. The van der Waals surface area contributed by atoms with Crippen molar-refractivity contribution in [3.63, 3.8) is 0 Å². The lowest BCUT2D eigenvalue weighted by atomic mass is 10.1. The molecule has 1 fully saturated rings. The third kappa shape index (κ3) is 3.48. The zero-order valence-electron chi connectivity index (χ0n) is 11.0. The first kappa shape index (κ1) is 14.3. The summed E-state index contributed by atoms with van der Waals surface area (Å²) in [5.41, 5.74) is 5.79. The van der Waals surface area contributed by atoms with Crippen LogP contribution in [0.4, 0.5) is 13.2 Å². The van der Waals surface area contributed by atoms with E-state index >= 15 is 0 Å². The average Bonchev–Trinajstić information content (AvgIpc) is 2.70. The molecule has 0 spiro atoms. The van der Waals surface area contributed by atoms with Gasteiger partial charge in [0.25, 0.3) is 0 Å². The Morgan fingerprint density at radius 3 is 2.68 bits per heavy atom. The van der Waals surface area contributed by atoms with Gasteiger partial charge < -0.3 is 5.73 Å². The topological polar surface area (TPSA) is 29.3 Å². The quantitative estimate of drug-likeness (QED) is 0.916. The molecule has 2 nitrogen and oxygen atoms in total. The van der Waals surface area contributed by atoms with E-state index < -0.39 is 11.7 Å². The van der Waals surface area contributed by atoms with Crippen molar-refractivity contribution >= 4 is 0 Å². The van der Waals surface area contributed by atoms with Crippen molar-refractivity contribution in [2.24, 2.45) is 11.7 Å². The van der Waals surface area contributed by atoms with Gasteiger partial charge in [-0.25, -0.2) is 0 Å². The summed E-state index contributed by atoms with van der Waals surface area (Å²) in [4.78, 5) is 2.20. The minimum atomic E-state index is -4.27. The smallest absolute Gasteiger partial charge is 0.330 e. The lowest BCUT2D eigenvalue weighted by Gasteiger charge is -2.21. The van der Waals surface area contributed by atoms with Gasteiger partial charge in [0.15, 0.2) is 0 Å². The maximum atomic E-state index is 12.6. The van der Waals surface area contributed by atoms with Gasteiger partial charge in [-0.15, -0.1) is 0 Å². The minimum Gasteiger partial charge on any atom is -0.330 e. The van der Waals surface area contributed by atoms with Gasteiger partial charge in [0.1, 0.15) is 0 Å². The van der Waals surface area contributed by atoms with E-state index in [1.54, 1.807) is 6.07 Å². The van der Waals surface area contributed by atoms with Crippen molar-refractivity contribution < 1.29 is 13.2 Å². The molecular formula is C14H19F3N2. The minimum absolute atomic E-state index is 0.378. The van der Waals surface area contributed by atoms with Crippen LogP contribution in [0.25, 0.3) is 0 Å². The molecule has 106 valence electrons. The molecule has 5 heteroatoms. The van der Waals surface area contributed by atoms with E-state index in [-0.39, 0.29) is 0 Å². The number of nitrogens with two attached hydrogens (primary N) is 1. The SMILES string of the molecule is CC1CC(CN)CN1Cc1cccc(C(F)(F)F)c1. The number of likely N-dealkylation sites (tertiary alicyclic amines) is 1. The normalized spacial score (nSPS) is 24.9. The second kappa shape index (κ2) is 5.51. The van der Waals surface area contributed by atoms with Crippen molar-refractivity contribution in [2.45, 2.75) is 32.1 Å². The molecule has 0 radical (unpaired) electrons. The highest BCUT2D eigenvalue weighted by Gasteiger charge is 2.31. The number of nitrogens with zero attached hydrogens (tertiary/aromatic N) is 1. The van der Waals surface area contributed by atoms with E-state index in [1.807, 2.05) is 0 Å². The Bertz CT molecular complexity index is 431. The molecule has 2 rings (SSSR count). The van der Waals surface area contributed by atoms with Crippen LogP contribution in [0.3, 0.4) is 0 Å². The van der Waals surface area contributed by atoms with Crippen LogP contribution in [0, 0.1) is 5.92 Å². The predicted octanol–water partition coefficient (Wildman–Crippen LogP) is 2.87. The lowest BCUT2D eigenvalue weighted by Crippen LogP contribution is -2.27. The van der Waals surface area contributed by atoms with Crippen LogP contribution < -0.4 is 5.73 Å². The molecule has 0 aromatic heterocycles. The summed E-state index contributed by atoms with van der Waals surface area (Å²) in [7, 11) is 0. The summed E-state index contributed by atoms with van der Waals surface area (Å²) in [5.74, 6) is 0.459. The van der Waals surface area contributed by atoms with Crippen LogP contribution in [-0.2, 0) is 12.7 Å². The Hall–Kier alpha value is -1.07. The number of hydrogen-bond acceptors (Lipinski definition) is 2. The average molecular weight is 272 g/mol. The van der Waals surface area contributed by atoms with Gasteiger partial charge >= 0.3 is 6.18 Å². The van der Waals surface area contributed by atoms with Crippen LogP contribution >= 0.6 is 0 Å². The van der Waals surface area contributed by atoms with Crippen molar-refractivity contribution in [1.29, 1.82) is 0 Å². The molecular weight excluding hydrogens is 253 g/mol. The van der Waals surface area contributed by atoms with E-state index in [1.165, 1.54) is 12.1 Å². The molecule has 1 aromatic carbocycles. The van der Waals surface area contributed by atoms with Gasteiger partial charge in [-0.1, -0.05) is 18.2 Å². The first-order valence-corrected chi connectivity index (χ1v) is 6.50. The molecule has 1 aliphatic rings. The van der Waals surface area contributed by atoms with Crippen molar-refractivity contribution in [1.82, 2.24) is 4.90 Å². The molecule has 1 saturated heterocycles. The van der Waals surface area contributed by atoms with Crippen molar-refractivity contribution in [2.75, 3.05) is 13.1 Å². The second-order valence-electron chi connectivity index (χ2n) is 5.31. The molecule has 1 aliphatic heterocycles. The number of benzene rings is 1. The van der Waals surface area contributed by atoms with Crippen LogP contribution in [0.15, 0.2) is 24.3 Å². The predicted molar refractivity (Wildman–Crippen MR) is 68.5 cm³/mol. The highest BCUT2D eigenvalue weighted by Crippen LogP contribution is 2.30. The Kier molecular flexibility index (Phi) is 4.16. The third-order valence-corrected chi connectivity index (χ3v) is 3.76. The first-order chi connectivity index (χ1) is 8.90. The van der Waals surface area contributed by atoms with Gasteiger partial charge in [-0.05, 0) is 37.4 Å². The largest absolute Gasteiger partial charge is 0.416 e. The maximum absolute atomic E-state index is 12.6. The molecule has 2 unspecified atom stereocenters. The van der Waals surface area contributed by atoms with Crippen LogP contribution in [0.5, 0.6) is 0 Å². The fourth-order valence-electron chi connectivity index (χ4n) is 2.69. The van der Waals surface area contributed by atoms with Crippen LogP contribution in [0.1, 0.15) is 24.5 Å². The summed E-state index contributed by atoms with van der Waals surface area (Å²) in [6.45, 7) is 4.17. The Labute approximate surface area is 111 Å². The molecule has 1 aromatic rings. The lowest BCUT2D eigenvalue weighted by molar-refractivity contribution is -0.137. The molecule has 2 N–H and O–H groups in total. The number of rotatable bonds is 3. The summed E-state index contributed by atoms with van der Waals surface area (Å²) in [5, 5.41) is 0. The van der Waals surface area contributed by atoms with Gasteiger partial charge in [-0.3, -0.25) is 4.90 Å². The van der Waals surface area contributed by atoms with Gasteiger partial charge in [0, 0.05) is 19.1 Å². The van der Waals surface area contributed by atoms with Crippen LogP contribution in [0.2, 0.25) is 0 Å². The maximum Gasteiger partial charge on any atom is 0.416 e. The highest BCUT2D eigenvalue weighted by molar-refractivity contribution is 5.25. The van der Waals surface area contributed by atoms with Crippen LogP contribution in [-0.4, -0.2) is 24.0 Å². The highest BCUT2D eigenvalue weighted by atomic mass is 19.4. The van der Waals surface area contributed by atoms with E-state index in [9.17, 15) is 13.2 Å². The zero-order chi connectivity index (χ0) is 14.0. The fraction of sp³-hybridized carbons (Fsp3) is 0.571. The molecule has 19 heavy (non-hydrogen) atoms. The summed E-state index contributed by atoms with van der Waals surface area (Å²) in [6.07, 6.45) is -3.25. The molecule has 0 aliphatic carbocycles. The molecule has 0 amide bonds. The number of halogens is 3. The van der Waals surface area contributed by atoms with Gasteiger partial charge in [0.2, 0.25) is 0 Å². The number of hydrogen-bond donors (Lipinski definition) is 1. The second-order valence-corrected chi connectivity index (χ2v) is 5.31. The van der Waals surface area contributed by atoms with Gasteiger partial charge in [0.05, 0.1) is 5.56 Å². The first-order valence-electron chi connectivity index (χ1n) is 6.50. The van der Waals surface area contributed by atoms with E-state index in [4.69, 9.17) is 5.73 Å². The number of alkyl halides is 3.